The Morgan fingerprint density at radius 2 is 2.15 bits per heavy atom. The summed E-state index contributed by atoms with van der Waals surface area (Å²) in [6.45, 7) is -0.339. The SMILES string of the molecule is O=NN1CN(NO)CN([N+](=O)[O-])C1. The van der Waals surface area contributed by atoms with Crippen molar-refractivity contribution in [1.29, 1.82) is 0 Å². The number of nitrogens with zero attached hydrogens (tertiary/aromatic N) is 5. The molecule has 1 saturated heterocycles. The number of rotatable bonds is 3. The Morgan fingerprint density at radius 3 is 2.62 bits per heavy atom. The Hall–Kier alpha value is -1.52. The first-order valence-corrected chi connectivity index (χ1v) is 3.29. The maximum atomic E-state index is 10.3. The molecule has 0 radical (unpaired) electrons. The van der Waals surface area contributed by atoms with E-state index in [4.69, 9.17) is 5.21 Å². The predicted octanol–water partition coefficient (Wildman–Crippen LogP) is -1.45. The average molecular weight is 192 g/mol. The summed E-state index contributed by atoms with van der Waals surface area (Å²) >= 11 is 0. The van der Waals surface area contributed by atoms with E-state index in [1.54, 1.807) is 5.59 Å². The molecular formula is C3H8N6O4. The van der Waals surface area contributed by atoms with Crippen LogP contribution in [0.1, 0.15) is 0 Å². The highest BCUT2D eigenvalue weighted by atomic mass is 16.7. The van der Waals surface area contributed by atoms with Gasteiger partial charge >= 0.3 is 0 Å². The molecule has 0 amide bonds. The minimum Gasteiger partial charge on any atom is -0.302 e. The number of hydrogen-bond donors (Lipinski definition) is 2. The van der Waals surface area contributed by atoms with Gasteiger partial charge in [-0.05, 0) is 0 Å². The Labute approximate surface area is 72.3 Å². The Balaban J connectivity index is 2.58. The molecular weight excluding hydrogens is 184 g/mol. The van der Waals surface area contributed by atoms with Crippen molar-refractivity contribution < 1.29 is 10.2 Å². The molecule has 0 aromatic carbocycles. The van der Waals surface area contributed by atoms with Crippen LogP contribution in [0.25, 0.3) is 0 Å². The molecule has 1 heterocycles. The number of nitro groups is 1. The minimum absolute atomic E-state index is 0.00958. The molecule has 0 aromatic heterocycles. The number of hydrazine groups is 2. The third-order valence-electron chi connectivity index (χ3n) is 1.48. The van der Waals surface area contributed by atoms with Gasteiger partial charge in [-0.3, -0.25) is 0 Å². The second-order valence-corrected chi connectivity index (χ2v) is 2.40. The van der Waals surface area contributed by atoms with Gasteiger partial charge in [-0.2, -0.15) is 5.01 Å². The fourth-order valence-corrected chi connectivity index (χ4v) is 0.935. The van der Waals surface area contributed by atoms with Crippen LogP contribution in [0.5, 0.6) is 0 Å². The van der Waals surface area contributed by atoms with Gasteiger partial charge in [0, 0.05) is 0 Å². The molecule has 0 bridgehead atoms. The van der Waals surface area contributed by atoms with Gasteiger partial charge in [0.25, 0.3) is 0 Å². The third kappa shape index (κ3) is 2.21. The molecule has 0 saturated carbocycles. The molecule has 10 heteroatoms. The molecule has 2 N–H and O–H groups in total. The fourth-order valence-electron chi connectivity index (χ4n) is 0.935. The van der Waals surface area contributed by atoms with Crippen molar-refractivity contribution in [3.63, 3.8) is 0 Å². The molecule has 1 aliphatic heterocycles. The van der Waals surface area contributed by atoms with E-state index in [1.807, 2.05) is 0 Å². The number of nitrogens with one attached hydrogen (secondary N) is 1. The van der Waals surface area contributed by atoms with Crippen molar-refractivity contribution >= 4 is 0 Å². The molecule has 10 nitrogen and oxygen atoms in total. The molecule has 0 unspecified atom stereocenters. The first kappa shape index (κ1) is 9.57. The maximum absolute atomic E-state index is 10.3. The summed E-state index contributed by atoms with van der Waals surface area (Å²) in [6, 6.07) is 0. The van der Waals surface area contributed by atoms with E-state index in [0.717, 1.165) is 10.0 Å². The van der Waals surface area contributed by atoms with Crippen LogP contribution in [0.3, 0.4) is 0 Å². The summed E-state index contributed by atoms with van der Waals surface area (Å²) in [5.41, 5.74) is 1.70. The molecule has 1 rings (SSSR count). The second kappa shape index (κ2) is 3.93. The predicted molar refractivity (Wildman–Crippen MR) is 37.8 cm³/mol. The normalized spacial score (nSPS) is 18.8. The summed E-state index contributed by atoms with van der Waals surface area (Å²) < 4.78 is 0. The molecule has 1 aliphatic rings. The van der Waals surface area contributed by atoms with Crippen molar-refractivity contribution in [3.05, 3.63) is 15.0 Å². The van der Waals surface area contributed by atoms with Crippen LogP contribution < -0.4 is 5.59 Å². The smallest absolute Gasteiger partial charge is 0.172 e. The van der Waals surface area contributed by atoms with Gasteiger partial charge < -0.3 is 5.21 Å². The van der Waals surface area contributed by atoms with Crippen molar-refractivity contribution in [2.45, 2.75) is 0 Å². The van der Waals surface area contributed by atoms with Gasteiger partial charge in [0.2, 0.25) is 0 Å². The van der Waals surface area contributed by atoms with Crippen LogP contribution in [0, 0.1) is 15.0 Å². The lowest BCUT2D eigenvalue weighted by Crippen LogP contribution is -2.58. The lowest BCUT2D eigenvalue weighted by molar-refractivity contribution is -0.670. The van der Waals surface area contributed by atoms with Crippen molar-refractivity contribution in [3.8, 4) is 0 Å². The summed E-state index contributed by atoms with van der Waals surface area (Å²) in [5, 5.41) is 23.3. The van der Waals surface area contributed by atoms with Crippen molar-refractivity contribution in [2.24, 2.45) is 5.29 Å². The molecule has 1 fully saturated rings. The quantitative estimate of drug-likeness (QED) is 0.317. The second-order valence-electron chi connectivity index (χ2n) is 2.40. The third-order valence-corrected chi connectivity index (χ3v) is 1.48. The van der Waals surface area contributed by atoms with E-state index in [9.17, 15) is 15.0 Å². The van der Waals surface area contributed by atoms with E-state index in [-0.39, 0.29) is 20.0 Å². The topological polar surface area (TPSA) is 115 Å². The zero-order valence-corrected chi connectivity index (χ0v) is 6.53. The zero-order chi connectivity index (χ0) is 9.84. The molecule has 0 spiro atoms. The van der Waals surface area contributed by atoms with Crippen molar-refractivity contribution in [1.82, 2.24) is 20.6 Å². The largest absolute Gasteiger partial charge is 0.302 e. The van der Waals surface area contributed by atoms with E-state index >= 15 is 0 Å². The lowest BCUT2D eigenvalue weighted by atomic mass is 10.7. The van der Waals surface area contributed by atoms with Gasteiger partial charge in [0.05, 0.1) is 5.29 Å². The van der Waals surface area contributed by atoms with Crippen LogP contribution in [-0.4, -0.2) is 45.3 Å². The molecule has 13 heavy (non-hydrogen) atoms. The van der Waals surface area contributed by atoms with E-state index in [2.05, 4.69) is 5.29 Å². The van der Waals surface area contributed by atoms with Crippen LogP contribution in [0.15, 0.2) is 5.29 Å². The van der Waals surface area contributed by atoms with Gasteiger partial charge in [-0.15, -0.1) is 10.5 Å². The van der Waals surface area contributed by atoms with E-state index in [0.29, 0.717) is 5.01 Å². The maximum Gasteiger partial charge on any atom is 0.172 e. The Bertz CT molecular complexity index is 210. The number of nitroso groups, excluding NO2 is 1. The molecule has 74 valence electrons. The summed E-state index contributed by atoms with van der Waals surface area (Å²) in [6.07, 6.45) is 0. The highest BCUT2D eigenvalue weighted by Gasteiger charge is 2.28. The average Bonchev–Trinajstić information content (AvgIpc) is 2.16. The zero-order valence-electron chi connectivity index (χ0n) is 6.53. The van der Waals surface area contributed by atoms with Gasteiger partial charge in [0.1, 0.15) is 13.3 Å². The van der Waals surface area contributed by atoms with Gasteiger partial charge in [-0.25, -0.2) is 15.1 Å². The van der Waals surface area contributed by atoms with E-state index < -0.39 is 5.03 Å². The van der Waals surface area contributed by atoms with Crippen molar-refractivity contribution in [2.75, 3.05) is 20.0 Å². The first-order valence-electron chi connectivity index (χ1n) is 3.29. The standard InChI is InChI=1S/C3H8N6O4/c10-4-6-1-7(5-11)3-8(2-6)9(12)13/h4,10H,1-3H2. The van der Waals surface area contributed by atoms with Crippen LogP contribution in [-0.2, 0) is 0 Å². The number of hydrogen-bond acceptors (Lipinski definition) is 7. The van der Waals surface area contributed by atoms with Gasteiger partial charge in [0.15, 0.2) is 11.7 Å². The summed E-state index contributed by atoms with van der Waals surface area (Å²) in [5.74, 6) is 0. The molecule has 0 atom stereocenters. The highest BCUT2D eigenvalue weighted by molar-refractivity contribution is 4.55. The van der Waals surface area contributed by atoms with Crippen LogP contribution in [0.2, 0.25) is 0 Å². The molecule has 0 aromatic rings. The highest BCUT2D eigenvalue weighted by Crippen LogP contribution is 2.04. The van der Waals surface area contributed by atoms with Crippen LogP contribution in [0.4, 0.5) is 0 Å². The molecule has 0 aliphatic carbocycles. The van der Waals surface area contributed by atoms with Crippen LogP contribution >= 0.6 is 0 Å². The minimum atomic E-state index is -0.679. The fraction of sp³-hybridized carbons (Fsp3) is 1.00. The summed E-state index contributed by atoms with van der Waals surface area (Å²) in [4.78, 5) is 20.4. The van der Waals surface area contributed by atoms with Gasteiger partial charge in [-0.1, -0.05) is 5.01 Å². The lowest BCUT2D eigenvalue weighted by Gasteiger charge is -2.32. The summed E-state index contributed by atoms with van der Waals surface area (Å²) in [7, 11) is 0. The first-order chi connectivity index (χ1) is 6.17. The Kier molecular flexibility index (Phi) is 2.89. The van der Waals surface area contributed by atoms with E-state index in [1.165, 1.54) is 0 Å². The Morgan fingerprint density at radius 1 is 1.46 bits per heavy atom. The monoisotopic (exact) mass is 192 g/mol.